The average Bonchev–Trinajstić information content (AvgIpc) is 3.10. The third-order valence-corrected chi connectivity index (χ3v) is 4.84. The topological polar surface area (TPSA) is 71.1 Å². The van der Waals surface area contributed by atoms with Gasteiger partial charge in [0.25, 0.3) is 0 Å². The molecular formula is C22H27N3O4. The second-order valence-electron chi connectivity index (χ2n) is 6.73. The number of anilines is 2. The number of benzene rings is 2. The fourth-order valence-corrected chi connectivity index (χ4v) is 3.42. The number of hydrogen-bond donors (Lipinski definition) is 1. The summed E-state index contributed by atoms with van der Waals surface area (Å²) in [6.45, 7) is 5.38. The van der Waals surface area contributed by atoms with Gasteiger partial charge in [0, 0.05) is 37.0 Å². The Hall–Kier alpha value is -3.22. The van der Waals surface area contributed by atoms with Gasteiger partial charge < -0.3 is 19.7 Å². The van der Waals surface area contributed by atoms with E-state index in [0.717, 1.165) is 17.1 Å². The van der Waals surface area contributed by atoms with E-state index < -0.39 is 0 Å². The smallest absolute Gasteiger partial charge is 0.322 e. The highest BCUT2D eigenvalue weighted by molar-refractivity contribution is 5.98. The monoisotopic (exact) mass is 397 g/mol. The van der Waals surface area contributed by atoms with Gasteiger partial charge in [-0.15, -0.1) is 0 Å². The third kappa shape index (κ3) is 4.80. The van der Waals surface area contributed by atoms with Crippen molar-refractivity contribution in [1.29, 1.82) is 0 Å². The average molecular weight is 397 g/mol. The fraction of sp³-hybridized carbons (Fsp3) is 0.364. The Morgan fingerprint density at radius 1 is 1.17 bits per heavy atom. The molecule has 0 aliphatic carbocycles. The molecule has 154 valence electrons. The predicted molar refractivity (Wildman–Crippen MR) is 113 cm³/mol. The first-order chi connectivity index (χ1) is 14.0. The van der Waals surface area contributed by atoms with Gasteiger partial charge in [-0.3, -0.25) is 9.69 Å². The SMILES string of the molecule is CCOc1ccc(N(CC)C(=O)NC2CC(=O)N(c3cccc(OC)c3)C2)cc1. The first kappa shape index (κ1) is 20.5. The van der Waals surface area contributed by atoms with Crippen LogP contribution in [0, 0.1) is 0 Å². The van der Waals surface area contributed by atoms with E-state index in [1.54, 1.807) is 16.9 Å². The van der Waals surface area contributed by atoms with Gasteiger partial charge in [0.2, 0.25) is 5.91 Å². The number of methoxy groups -OCH3 is 1. The molecule has 0 saturated carbocycles. The van der Waals surface area contributed by atoms with Crippen LogP contribution in [-0.4, -0.2) is 44.8 Å². The lowest BCUT2D eigenvalue weighted by Gasteiger charge is -2.24. The van der Waals surface area contributed by atoms with Gasteiger partial charge in [0.05, 0.1) is 19.8 Å². The molecule has 29 heavy (non-hydrogen) atoms. The molecule has 0 radical (unpaired) electrons. The van der Waals surface area contributed by atoms with E-state index in [9.17, 15) is 9.59 Å². The Labute approximate surface area is 171 Å². The van der Waals surface area contributed by atoms with E-state index in [0.29, 0.717) is 25.4 Å². The van der Waals surface area contributed by atoms with Crippen molar-refractivity contribution in [3.8, 4) is 11.5 Å². The number of urea groups is 1. The molecule has 1 N–H and O–H groups in total. The first-order valence-corrected chi connectivity index (χ1v) is 9.81. The second kappa shape index (κ2) is 9.32. The van der Waals surface area contributed by atoms with Crippen molar-refractivity contribution in [2.24, 2.45) is 0 Å². The van der Waals surface area contributed by atoms with Crippen molar-refractivity contribution < 1.29 is 19.1 Å². The Morgan fingerprint density at radius 3 is 2.59 bits per heavy atom. The van der Waals surface area contributed by atoms with E-state index in [2.05, 4.69) is 5.32 Å². The van der Waals surface area contributed by atoms with Crippen LogP contribution in [-0.2, 0) is 4.79 Å². The van der Waals surface area contributed by atoms with Crippen LogP contribution in [0.3, 0.4) is 0 Å². The van der Waals surface area contributed by atoms with Crippen molar-refractivity contribution in [3.63, 3.8) is 0 Å². The van der Waals surface area contributed by atoms with Crippen molar-refractivity contribution in [1.82, 2.24) is 5.32 Å². The molecule has 7 nitrogen and oxygen atoms in total. The Morgan fingerprint density at radius 2 is 1.93 bits per heavy atom. The third-order valence-electron chi connectivity index (χ3n) is 4.84. The number of hydrogen-bond acceptors (Lipinski definition) is 4. The van der Waals surface area contributed by atoms with Crippen LogP contribution in [0.2, 0.25) is 0 Å². The maximum Gasteiger partial charge on any atom is 0.322 e. The van der Waals surface area contributed by atoms with Crippen molar-refractivity contribution in [2.45, 2.75) is 26.3 Å². The normalized spacial score (nSPS) is 15.9. The molecule has 1 unspecified atom stereocenters. The molecule has 1 aliphatic heterocycles. The zero-order chi connectivity index (χ0) is 20.8. The number of ether oxygens (including phenoxy) is 2. The Bertz CT molecular complexity index is 853. The van der Waals surface area contributed by atoms with Gasteiger partial charge in [-0.1, -0.05) is 6.07 Å². The lowest BCUT2D eigenvalue weighted by molar-refractivity contribution is -0.117. The van der Waals surface area contributed by atoms with Gasteiger partial charge in [-0.05, 0) is 50.2 Å². The zero-order valence-corrected chi connectivity index (χ0v) is 17.1. The summed E-state index contributed by atoms with van der Waals surface area (Å²) in [5.41, 5.74) is 1.55. The molecule has 0 spiro atoms. The van der Waals surface area contributed by atoms with E-state index >= 15 is 0 Å². The van der Waals surface area contributed by atoms with Crippen LogP contribution in [0.5, 0.6) is 11.5 Å². The fourth-order valence-electron chi connectivity index (χ4n) is 3.42. The van der Waals surface area contributed by atoms with Gasteiger partial charge in [0.1, 0.15) is 11.5 Å². The highest BCUT2D eigenvalue weighted by Gasteiger charge is 2.32. The highest BCUT2D eigenvalue weighted by atomic mass is 16.5. The van der Waals surface area contributed by atoms with Gasteiger partial charge in [-0.2, -0.15) is 0 Å². The summed E-state index contributed by atoms with van der Waals surface area (Å²) in [5, 5.41) is 2.99. The molecule has 1 atom stereocenters. The predicted octanol–water partition coefficient (Wildman–Crippen LogP) is 3.44. The molecule has 2 aromatic rings. The van der Waals surface area contributed by atoms with Gasteiger partial charge in [0.15, 0.2) is 0 Å². The summed E-state index contributed by atoms with van der Waals surface area (Å²) in [5.74, 6) is 1.44. The minimum absolute atomic E-state index is 0.0207. The molecule has 0 bridgehead atoms. The van der Waals surface area contributed by atoms with Crippen molar-refractivity contribution >= 4 is 23.3 Å². The van der Waals surface area contributed by atoms with E-state index in [-0.39, 0.29) is 24.4 Å². The Balaban J connectivity index is 1.65. The van der Waals surface area contributed by atoms with Crippen LogP contribution >= 0.6 is 0 Å². The number of nitrogens with zero attached hydrogens (tertiary/aromatic N) is 2. The molecule has 0 aromatic heterocycles. The van der Waals surface area contributed by atoms with E-state index in [4.69, 9.17) is 9.47 Å². The maximum absolute atomic E-state index is 12.8. The summed E-state index contributed by atoms with van der Waals surface area (Å²) < 4.78 is 10.7. The highest BCUT2D eigenvalue weighted by Crippen LogP contribution is 2.26. The summed E-state index contributed by atoms with van der Waals surface area (Å²) in [4.78, 5) is 28.6. The molecule has 3 amide bonds. The summed E-state index contributed by atoms with van der Waals surface area (Å²) in [7, 11) is 1.59. The molecule has 1 aliphatic rings. The lowest BCUT2D eigenvalue weighted by Crippen LogP contribution is -2.46. The molecule has 1 fully saturated rings. The minimum Gasteiger partial charge on any atom is -0.497 e. The largest absolute Gasteiger partial charge is 0.497 e. The number of rotatable bonds is 7. The molecule has 7 heteroatoms. The van der Waals surface area contributed by atoms with E-state index in [1.165, 1.54) is 0 Å². The molecule has 2 aromatic carbocycles. The van der Waals surface area contributed by atoms with E-state index in [1.807, 2.05) is 62.4 Å². The summed E-state index contributed by atoms with van der Waals surface area (Å²) in [6, 6.07) is 14.3. The quantitative estimate of drug-likeness (QED) is 0.777. The molecule has 1 heterocycles. The first-order valence-electron chi connectivity index (χ1n) is 9.81. The zero-order valence-electron chi connectivity index (χ0n) is 17.1. The molecule has 3 rings (SSSR count). The summed E-state index contributed by atoms with van der Waals surface area (Å²) >= 11 is 0. The van der Waals surface area contributed by atoms with Crippen molar-refractivity contribution in [2.75, 3.05) is 36.6 Å². The molecular weight excluding hydrogens is 370 g/mol. The van der Waals surface area contributed by atoms with Crippen LogP contribution < -0.4 is 24.6 Å². The number of carbonyl (C=O) groups excluding carboxylic acids is 2. The lowest BCUT2D eigenvalue weighted by atomic mass is 10.2. The summed E-state index contributed by atoms with van der Waals surface area (Å²) in [6.07, 6.45) is 0.268. The number of nitrogens with one attached hydrogen (secondary N) is 1. The van der Waals surface area contributed by atoms with Crippen LogP contribution in [0.1, 0.15) is 20.3 Å². The van der Waals surface area contributed by atoms with Crippen LogP contribution in [0.4, 0.5) is 16.2 Å². The van der Waals surface area contributed by atoms with Crippen LogP contribution in [0.25, 0.3) is 0 Å². The van der Waals surface area contributed by atoms with Gasteiger partial charge >= 0.3 is 6.03 Å². The second-order valence-corrected chi connectivity index (χ2v) is 6.73. The minimum atomic E-state index is -0.252. The number of amides is 3. The van der Waals surface area contributed by atoms with Gasteiger partial charge in [-0.25, -0.2) is 4.79 Å². The molecule has 1 saturated heterocycles. The number of carbonyl (C=O) groups is 2. The van der Waals surface area contributed by atoms with Crippen LogP contribution in [0.15, 0.2) is 48.5 Å². The van der Waals surface area contributed by atoms with Crippen molar-refractivity contribution in [3.05, 3.63) is 48.5 Å². The maximum atomic E-state index is 12.8. The standard InChI is InChI=1S/C22H27N3O4/c1-4-24(17-9-11-19(12-10-17)29-5-2)22(27)23-16-13-21(26)25(15-16)18-7-6-8-20(14-18)28-3/h6-12,14,16H,4-5,13,15H2,1-3H3,(H,23,27). The Kier molecular flexibility index (Phi) is 6.59.